The first-order valence-electron chi connectivity index (χ1n) is 6.64. The zero-order valence-corrected chi connectivity index (χ0v) is 13.1. The van der Waals surface area contributed by atoms with E-state index < -0.39 is 23.5 Å². The Morgan fingerprint density at radius 1 is 1.00 bits per heavy atom. The quantitative estimate of drug-likeness (QED) is 0.813. The smallest absolute Gasteiger partial charge is 0.137 e. The molecule has 112 valence electrons. The van der Waals surface area contributed by atoms with Crippen LogP contribution in [0.2, 0.25) is 0 Å². The molecule has 0 heterocycles. The molecule has 5 heteroatoms. The van der Waals surface area contributed by atoms with E-state index >= 15 is 0 Å². The van der Waals surface area contributed by atoms with Gasteiger partial charge in [0.25, 0.3) is 0 Å². The van der Waals surface area contributed by atoms with Crippen LogP contribution in [0, 0.1) is 17.5 Å². The first-order valence-corrected chi connectivity index (χ1v) is 7.44. The molecule has 2 aromatic rings. The molecule has 0 amide bonds. The van der Waals surface area contributed by atoms with Crippen molar-refractivity contribution < 1.29 is 13.2 Å². The molecule has 1 atom stereocenters. The van der Waals surface area contributed by atoms with E-state index in [2.05, 4.69) is 21.2 Å². The van der Waals surface area contributed by atoms with E-state index in [0.717, 1.165) is 0 Å². The van der Waals surface area contributed by atoms with Crippen molar-refractivity contribution in [2.45, 2.75) is 19.4 Å². The van der Waals surface area contributed by atoms with Crippen molar-refractivity contribution in [3.8, 4) is 0 Å². The average molecular weight is 358 g/mol. The number of hydrogen-bond donors (Lipinski definition) is 1. The van der Waals surface area contributed by atoms with Gasteiger partial charge >= 0.3 is 0 Å². The van der Waals surface area contributed by atoms with Crippen LogP contribution in [0.15, 0.2) is 40.9 Å². The maximum atomic E-state index is 13.9. The SMILES string of the molecule is CCNC(Cc1cccc(F)c1Br)c1c(F)cccc1F. The highest BCUT2D eigenvalue weighted by Gasteiger charge is 2.21. The van der Waals surface area contributed by atoms with Gasteiger partial charge in [0, 0.05) is 11.6 Å². The third-order valence-electron chi connectivity index (χ3n) is 3.25. The second-order valence-corrected chi connectivity index (χ2v) is 5.46. The Balaban J connectivity index is 2.38. The van der Waals surface area contributed by atoms with Crippen molar-refractivity contribution in [2.24, 2.45) is 0 Å². The lowest BCUT2D eigenvalue weighted by molar-refractivity contribution is 0.472. The first kappa shape index (κ1) is 16.0. The molecule has 1 N–H and O–H groups in total. The second-order valence-electron chi connectivity index (χ2n) is 4.66. The summed E-state index contributed by atoms with van der Waals surface area (Å²) in [6.07, 6.45) is 0.282. The maximum absolute atomic E-state index is 13.9. The molecule has 0 saturated carbocycles. The summed E-state index contributed by atoms with van der Waals surface area (Å²) in [5.74, 6) is -1.60. The van der Waals surface area contributed by atoms with E-state index in [1.807, 2.05) is 6.92 Å². The number of halogens is 4. The van der Waals surface area contributed by atoms with E-state index in [-0.39, 0.29) is 12.0 Å². The minimum absolute atomic E-state index is 0.0180. The predicted octanol–water partition coefficient (Wildman–Crippen LogP) is 4.76. The molecule has 0 aromatic heterocycles. The standard InChI is InChI=1S/C16H15BrF3N/c1-2-21-14(15-11(18)6-4-7-12(15)19)9-10-5-3-8-13(20)16(10)17/h3-8,14,21H,2,9H2,1H3. The largest absolute Gasteiger partial charge is 0.310 e. The summed E-state index contributed by atoms with van der Waals surface area (Å²) >= 11 is 3.18. The zero-order chi connectivity index (χ0) is 15.4. The molecule has 21 heavy (non-hydrogen) atoms. The van der Waals surface area contributed by atoms with Crippen molar-refractivity contribution >= 4 is 15.9 Å². The molecule has 1 nitrogen and oxygen atoms in total. The fraction of sp³-hybridized carbons (Fsp3) is 0.250. The van der Waals surface area contributed by atoms with Crippen LogP contribution in [0.5, 0.6) is 0 Å². The Labute approximate surface area is 130 Å². The van der Waals surface area contributed by atoms with Gasteiger partial charge in [0.1, 0.15) is 17.5 Å². The van der Waals surface area contributed by atoms with E-state index in [4.69, 9.17) is 0 Å². The van der Waals surface area contributed by atoms with E-state index in [1.54, 1.807) is 12.1 Å². The van der Waals surface area contributed by atoms with Crippen LogP contribution in [0.3, 0.4) is 0 Å². The molecular formula is C16H15BrF3N. The lowest BCUT2D eigenvalue weighted by atomic mass is 9.97. The van der Waals surface area contributed by atoms with Gasteiger partial charge in [-0.3, -0.25) is 0 Å². The van der Waals surface area contributed by atoms with Crippen LogP contribution < -0.4 is 5.32 Å². The van der Waals surface area contributed by atoms with Gasteiger partial charge < -0.3 is 5.32 Å². The number of rotatable bonds is 5. The van der Waals surface area contributed by atoms with E-state index in [0.29, 0.717) is 16.6 Å². The summed E-state index contributed by atoms with van der Waals surface area (Å²) in [5.41, 5.74) is 0.638. The van der Waals surface area contributed by atoms with E-state index in [1.165, 1.54) is 24.3 Å². The Morgan fingerprint density at radius 2 is 1.57 bits per heavy atom. The van der Waals surface area contributed by atoms with Crippen LogP contribution in [-0.2, 0) is 6.42 Å². The number of hydrogen-bond acceptors (Lipinski definition) is 1. The third kappa shape index (κ3) is 3.66. The van der Waals surface area contributed by atoms with Crippen LogP contribution in [0.1, 0.15) is 24.1 Å². The Morgan fingerprint density at radius 3 is 2.19 bits per heavy atom. The van der Waals surface area contributed by atoms with Crippen LogP contribution in [0.25, 0.3) is 0 Å². The van der Waals surface area contributed by atoms with Crippen molar-refractivity contribution in [2.75, 3.05) is 6.54 Å². The normalized spacial score (nSPS) is 12.4. The lowest BCUT2D eigenvalue weighted by Crippen LogP contribution is -2.25. The zero-order valence-electron chi connectivity index (χ0n) is 11.5. The molecule has 0 aliphatic carbocycles. The molecule has 0 bridgehead atoms. The lowest BCUT2D eigenvalue weighted by Gasteiger charge is -2.20. The highest BCUT2D eigenvalue weighted by molar-refractivity contribution is 9.10. The monoisotopic (exact) mass is 357 g/mol. The van der Waals surface area contributed by atoms with Crippen LogP contribution >= 0.6 is 15.9 Å². The fourth-order valence-corrected chi connectivity index (χ4v) is 2.72. The molecule has 0 aliphatic heterocycles. The summed E-state index contributed by atoms with van der Waals surface area (Å²) in [6.45, 7) is 2.40. The van der Waals surface area contributed by atoms with Crippen molar-refractivity contribution in [1.29, 1.82) is 0 Å². The Kier molecular flexibility index (Phi) is 5.42. The highest BCUT2D eigenvalue weighted by atomic mass is 79.9. The second kappa shape index (κ2) is 7.09. The topological polar surface area (TPSA) is 12.0 Å². The molecule has 1 unspecified atom stereocenters. The van der Waals surface area contributed by atoms with Crippen molar-refractivity contribution in [3.63, 3.8) is 0 Å². The fourth-order valence-electron chi connectivity index (χ4n) is 2.29. The Hall–Kier alpha value is -1.33. The summed E-state index contributed by atoms with van der Waals surface area (Å²) in [5, 5.41) is 3.05. The van der Waals surface area contributed by atoms with Crippen LogP contribution in [-0.4, -0.2) is 6.54 Å². The van der Waals surface area contributed by atoms with Gasteiger partial charge in [-0.15, -0.1) is 0 Å². The molecular weight excluding hydrogens is 343 g/mol. The Bertz CT molecular complexity index is 611. The van der Waals surface area contributed by atoms with Gasteiger partial charge in [-0.25, -0.2) is 13.2 Å². The van der Waals surface area contributed by atoms with Crippen molar-refractivity contribution in [3.05, 3.63) is 69.4 Å². The van der Waals surface area contributed by atoms with Gasteiger partial charge in [0.05, 0.1) is 4.47 Å². The predicted molar refractivity (Wildman–Crippen MR) is 80.6 cm³/mol. The van der Waals surface area contributed by atoms with Crippen LogP contribution in [0.4, 0.5) is 13.2 Å². The van der Waals surface area contributed by atoms with E-state index in [9.17, 15) is 13.2 Å². The molecule has 0 fully saturated rings. The maximum Gasteiger partial charge on any atom is 0.137 e. The minimum atomic E-state index is -0.603. The summed E-state index contributed by atoms with van der Waals surface area (Å²) in [6, 6.07) is 7.86. The summed E-state index contributed by atoms with van der Waals surface area (Å²) in [7, 11) is 0. The molecule has 2 aromatic carbocycles. The molecule has 0 spiro atoms. The first-order chi connectivity index (χ1) is 10.0. The molecule has 2 rings (SSSR count). The molecule has 0 aliphatic rings. The molecule has 0 saturated heterocycles. The number of benzene rings is 2. The van der Waals surface area contributed by atoms with Gasteiger partial charge in [0.2, 0.25) is 0 Å². The highest BCUT2D eigenvalue weighted by Crippen LogP contribution is 2.28. The number of likely N-dealkylation sites (N-methyl/N-ethyl adjacent to an activating group) is 1. The van der Waals surface area contributed by atoms with Crippen molar-refractivity contribution in [1.82, 2.24) is 5.32 Å². The number of nitrogens with one attached hydrogen (secondary N) is 1. The van der Waals surface area contributed by atoms with Gasteiger partial charge in [-0.1, -0.05) is 25.1 Å². The van der Waals surface area contributed by atoms with Gasteiger partial charge in [-0.2, -0.15) is 0 Å². The summed E-state index contributed by atoms with van der Waals surface area (Å²) < 4.78 is 41.8. The summed E-state index contributed by atoms with van der Waals surface area (Å²) in [4.78, 5) is 0. The average Bonchev–Trinajstić information content (AvgIpc) is 2.44. The van der Waals surface area contributed by atoms with Gasteiger partial charge in [-0.05, 0) is 52.7 Å². The van der Waals surface area contributed by atoms with Gasteiger partial charge in [0.15, 0.2) is 0 Å². The third-order valence-corrected chi connectivity index (χ3v) is 4.14. The molecule has 0 radical (unpaired) electrons. The minimum Gasteiger partial charge on any atom is -0.310 e.